The summed E-state index contributed by atoms with van der Waals surface area (Å²) >= 11 is 0. The molecular formula is C16H36O2Si2. The van der Waals surface area contributed by atoms with Crippen LogP contribution in [0, 0.1) is 5.92 Å². The van der Waals surface area contributed by atoms with Gasteiger partial charge in [-0.05, 0) is 50.1 Å². The van der Waals surface area contributed by atoms with Crippen LogP contribution in [0.2, 0.25) is 37.8 Å². The van der Waals surface area contributed by atoms with E-state index in [0.717, 1.165) is 12.2 Å². The molecule has 0 radical (unpaired) electrons. The predicted molar refractivity (Wildman–Crippen MR) is 95.1 cm³/mol. The summed E-state index contributed by atoms with van der Waals surface area (Å²) in [6.45, 7) is 22.1. The highest BCUT2D eigenvalue weighted by molar-refractivity contribution is 6.73. The van der Waals surface area contributed by atoms with Crippen LogP contribution >= 0.6 is 0 Å². The van der Waals surface area contributed by atoms with Crippen LogP contribution in [0.25, 0.3) is 0 Å². The normalized spacial score (nSPS) is 14.4. The van der Waals surface area contributed by atoms with Gasteiger partial charge >= 0.3 is 0 Å². The Hall–Kier alpha value is -0.0662. The minimum absolute atomic E-state index is 0.0771. The first-order valence-corrected chi connectivity index (χ1v) is 14.1. The van der Waals surface area contributed by atoms with Gasteiger partial charge in [-0.2, -0.15) is 0 Å². The van der Waals surface area contributed by atoms with E-state index >= 15 is 0 Å². The van der Waals surface area contributed by atoms with Gasteiger partial charge in [-0.3, -0.25) is 0 Å². The molecule has 1 atom stereocenters. The van der Waals surface area contributed by atoms with Crippen LogP contribution in [0.15, 0.2) is 12.3 Å². The Morgan fingerprint density at radius 3 is 1.75 bits per heavy atom. The zero-order chi connectivity index (χ0) is 16.0. The van der Waals surface area contributed by atoms with Crippen molar-refractivity contribution in [2.24, 2.45) is 5.92 Å². The van der Waals surface area contributed by atoms with Crippen LogP contribution in [-0.4, -0.2) is 22.7 Å². The minimum atomic E-state index is -1.61. The highest BCUT2D eigenvalue weighted by atomic mass is 28.4. The summed E-state index contributed by atoms with van der Waals surface area (Å²) in [5.74, 6) is 1.46. The molecule has 0 amide bonds. The van der Waals surface area contributed by atoms with E-state index in [-0.39, 0.29) is 6.10 Å². The monoisotopic (exact) mass is 316 g/mol. The Morgan fingerprint density at radius 2 is 1.45 bits per heavy atom. The second kappa shape index (κ2) is 8.39. The topological polar surface area (TPSA) is 18.5 Å². The van der Waals surface area contributed by atoms with Gasteiger partial charge in [0.25, 0.3) is 0 Å². The molecule has 0 rings (SSSR count). The van der Waals surface area contributed by atoms with Gasteiger partial charge in [0.15, 0.2) is 8.32 Å². The molecule has 0 unspecified atom stereocenters. The first kappa shape index (κ1) is 19.9. The lowest BCUT2D eigenvalue weighted by Crippen LogP contribution is -2.42. The first-order valence-electron chi connectivity index (χ1n) is 8.14. The van der Waals surface area contributed by atoms with Crippen molar-refractivity contribution in [3.8, 4) is 0 Å². The van der Waals surface area contributed by atoms with Crippen LogP contribution in [0.4, 0.5) is 0 Å². The van der Waals surface area contributed by atoms with Crippen molar-refractivity contribution in [3.05, 3.63) is 12.3 Å². The van der Waals surface area contributed by atoms with Gasteiger partial charge in [0.1, 0.15) is 6.10 Å². The number of hydrogen-bond donors (Lipinski definition) is 0. The molecule has 0 N–H and O–H groups in total. The second-order valence-corrected chi connectivity index (χ2v) is 16.3. The lowest BCUT2D eigenvalue weighted by molar-refractivity contribution is 0.148. The fourth-order valence-corrected chi connectivity index (χ4v) is 6.18. The van der Waals surface area contributed by atoms with Crippen molar-refractivity contribution in [1.82, 2.24) is 0 Å². The summed E-state index contributed by atoms with van der Waals surface area (Å²) in [5.41, 5.74) is 0. The van der Waals surface area contributed by atoms with Crippen LogP contribution in [-0.2, 0) is 8.85 Å². The Kier molecular flexibility index (Phi) is 8.37. The SMILES string of the molecule is C=C(O[Si](C)(C)C)[C@H](CC(C)C)O[Si](CC)(CC)CC. The van der Waals surface area contributed by atoms with Gasteiger partial charge in [0, 0.05) is 0 Å². The van der Waals surface area contributed by atoms with Crippen molar-refractivity contribution < 1.29 is 8.85 Å². The number of hydrogen-bond acceptors (Lipinski definition) is 2. The zero-order valence-electron chi connectivity index (χ0n) is 15.0. The summed E-state index contributed by atoms with van der Waals surface area (Å²) in [6.07, 6.45) is 1.09. The summed E-state index contributed by atoms with van der Waals surface area (Å²) in [4.78, 5) is 0. The van der Waals surface area contributed by atoms with Gasteiger partial charge in [0.2, 0.25) is 8.32 Å². The molecule has 0 heterocycles. The molecule has 0 saturated carbocycles. The molecule has 0 aromatic rings. The average Bonchev–Trinajstić information content (AvgIpc) is 2.32. The quantitative estimate of drug-likeness (QED) is 0.375. The molecule has 0 aliphatic rings. The lowest BCUT2D eigenvalue weighted by atomic mass is 10.1. The van der Waals surface area contributed by atoms with E-state index < -0.39 is 16.6 Å². The first-order chi connectivity index (χ1) is 9.09. The van der Waals surface area contributed by atoms with Gasteiger partial charge in [-0.15, -0.1) is 0 Å². The van der Waals surface area contributed by atoms with Gasteiger partial charge in [-0.25, -0.2) is 0 Å². The highest BCUT2D eigenvalue weighted by Crippen LogP contribution is 2.29. The smallest absolute Gasteiger partial charge is 0.241 e. The third kappa shape index (κ3) is 7.09. The molecule has 120 valence electrons. The van der Waals surface area contributed by atoms with E-state index in [9.17, 15) is 0 Å². The van der Waals surface area contributed by atoms with Crippen molar-refractivity contribution >= 4 is 16.6 Å². The molecule has 0 aromatic carbocycles. The molecule has 0 fully saturated rings. The van der Waals surface area contributed by atoms with Crippen molar-refractivity contribution in [2.45, 2.75) is 84.9 Å². The minimum Gasteiger partial charge on any atom is -0.546 e. The second-order valence-electron chi connectivity index (χ2n) is 7.16. The third-order valence-electron chi connectivity index (χ3n) is 3.81. The van der Waals surface area contributed by atoms with Crippen LogP contribution in [0.1, 0.15) is 41.0 Å². The van der Waals surface area contributed by atoms with E-state index in [4.69, 9.17) is 8.85 Å². The Balaban J connectivity index is 5.01. The maximum Gasteiger partial charge on any atom is 0.241 e. The number of rotatable bonds is 10. The van der Waals surface area contributed by atoms with E-state index in [2.05, 4.69) is 60.8 Å². The van der Waals surface area contributed by atoms with Crippen molar-refractivity contribution in [1.29, 1.82) is 0 Å². The Morgan fingerprint density at radius 1 is 1.00 bits per heavy atom. The van der Waals surface area contributed by atoms with Crippen molar-refractivity contribution in [3.63, 3.8) is 0 Å². The summed E-state index contributed by atoms with van der Waals surface area (Å²) in [5, 5.41) is 0. The molecule has 4 heteroatoms. The van der Waals surface area contributed by atoms with E-state index in [1.807, 2.05) is 0 Å². The van der Waals surface area contributed by atoms with Gasteiger partial charge < -0.3 is 8.85 Å². The summed E-state index contributed by atoms with van der Waals surface area (Å²) in [7, 11) is -3.22. The van der Waals surface area contributed by atoms with Gasteiger partial charge in [-0.1, -0.05) is 41.2 Å². The predicted octanol–water partition coefficient (Wildman–Crippen LogP) is 5.79. The molecule has 0 saturated heterocycles. The Bertz CT molecular complexity index is 283. The maximum absolute atomic E-state index is 6.64. The fourth-order valence-electron chi connectivity index (χ4n) is 2.43. The fraction of sp³-hybridized carbons (Fsp3) is 0.875. The molecule has 0 aliphatic heterocycles. The largest absolute Gasteiger partial charge is 0.546 e. The van der Waals surface area contributed by atoms with E-state index in [1.54, 1.807) is 0 Å². The molecule has 0 spiro atoms. The van der Waals surface area contributed by atoms with E-state index in [0.29, 0.717) is 5.92 Å². The average molecular weight is 317 g/mol. The van der Waals surface area contributed by atoms with Crippen LogP contribution in [0.3, 0.4) is 0 Å². The van der Waals surface area contributed by atoms with Crippen LogP contribution < -0.4 is 0 Å². The Labute approximate surface area is 129 Å². The molecule has 0 aliphatic carbocycles. The van der Waals surface area contributed by atoms with Crippen LogP contribution in [0.5, 0.6) is 0 Å². The molecule has 2 nitrogen and oxygen atoms in total. The summed E-state index contributed by atoms with van der Waals surface area (Å²) < 4.78 is 12.8. The van der Waals surface area contributed by atoms with E-state index in [1.165, 1.54) is 18.1 Å². The molecule has 0 bridgehead atoms. The van der Waals surface area contributed by atoms with Crippen molar-refractivity contribution in [2.75, 3.05) is 0 Å². The molecule has 0 aromatic heterocycles. The lowest BCUT2D eigenvalue weighted by Gasteiger charge is -2.36. The highest BCUT2D eigenvalue weighted by Gasteiger charge is 2.34. The summed E-state index contributed by atoms with van der Waals surface area (Å²) in [6, 6.07) is 3.53. The zero-order valence-corrected chi connectivity index (χ0v) is 17.0. The molecule has 20 heavy (non-hydrogen) atoms. The third-order valence-corrected chi connectivity index (χ3v) is 9.33. The standard InChI is InChI=1S/C16H36O2Si2/c1-10-20(11-2,12-3)18-16(13-14(4)5)15(6)17-19(7,8)9/h14,16H,6,10-13H2,1-5,7-9H3/t16-/m0/s1. The van der Waals surface area contributed by atoms with Gasteiger partial charge in [0.05, 0.1) is 5.76 Å². The maximum atomic E-state index is 6.64. The molecular weight excluding hydrogens is 280 g/mol.